The van der Waals surface area contributed by atoms with Crippen molar-refractivity contribution in [2.24, 2.45) is 5.10 Å². The first-order chi connectivity index (χ1) is 17.7. The van der Waals surface area contributed by atoms with Crippen molar-refractivity contribution in [3.05, 3.63) is 131 Å². The molecule has 0 radical (unpaired) electrons. The van der Waals surface area contributed by atoms with E-state index in [2.05, 4.69) is 10.4 Å². The number of carbonyl (C=O) groups excluding carboxylic acids is 1. The highest BCUT2D eigenvalue weighted by Gasteiger charge is 2.32. The van der Waals surface area contributed by atoms with E-state index in [9.17, 15) is 26.7 Å². The molecular weight excluding hydrogens is 489 g/mol. The number of hydrogen-bond donors (Lipinski definition) is 1. The molecule has 0 aliphatic carbocycles. The van der Waals surface area contributed by atoms with Gasteiger partial charge in [-0.1, -0.05) is 48.5 Å². The zero-order valence-corrected chi connectivity index (χ0v) is 19.0. The minimum absolute atomic E-state index is 0.104. The van der Waals surface area contributed by atoms with Gasteiger partial charge in [-0.25, -0.2) is 13.8 Å². The number of benzene rings is 3. The van der Waals surface area contributed by atoms with Gasteiger partial charge < -0.3 is 5.32 Å². The number of hydrogen-bond acceptors (Lipinski definition) is 3. The van der Waals surface area contributed by atoms with Crippen molar-refractivity contribution in [1.29, 1.82) is 0 Å². The van der Waals surface area contributed by atoms with E-state index < -0.39 is 35.4 Å². The van der Waals surface area contributed by atoms with E-state index in [0.717, 1.165) is 24.3 Å². The van der Waals surface area contributed by atoms with Crippen LogP contribution in [0.5, 0.6) is 0 Å². The lowest BCUT2D eigenvalue weighted by Crippen LogP contribution is -2.48. The van der Waals surface area contributed by atoms with Gasteiger partial charge >= 0.3 is 6.18 Å². The Morgan fingerprint density at radius 2 is 1.59 bits per heavy atom. The smallest absolute Gasteiger partial charge is 0.360 e. The van der Waals surface area contributed by atoms with Crippen molar-refractivity contribution in [3.63, 3.8) is 0 Å². The Morgan fingerprint density at radius 3 is 2.27 bits per heavy atom. The van der Waals surface area contributed by atoms with Crippen LogP contribution in [0, 0.1) is 11.6 Å². The number of rotatable bonds is 3. The topological polar surface area (TPSA) is 44.7 Å². The minimum Gasteiger partial charge on any atom is -0.360 e. The number of fused-ring (bicyclic) bond motifs is 1. The molecule has 0 fully saturated rings. The molecule has 1 unspecified atom stereocenters. The fraction of sp³-hybridized carbons (Fsp3) is 0.0714. The zero-order valence-electron chi connectivity index (χ0n) is 19.0. The fourth-order valence-corrected chi connectivity index (χ4v) is 4.03. The molecule has 0 bridgehead atoms. The normalized spacial score (nSPS) is 21.3. The minimum atomic E-state index is -4.50. The molecule has 3 aromatic carbocycles. The zero-order chi connectivity index (χ0) is 26.2. The van der Waals surface area contributed by atoms with Gasteiger partial charge in [-0.3, -0.25) is 4.79 Å². The lowest BCUT2D eigenvalue weighted by atomic mass is 10.00. The average molecular weight is 507 g/mol. The molecule has 1 amide bonds. The molecule has 5 rings (SSSR count). The van der Waals surface area contributed by atoms with E-state index in [-0.39, 0.29) is 11.3 Å². The largest absolute Gasteiger partial charge is 0.416 e. The van der Waals surface area contributed by atoms with E-state index >= 15 is 0 Å². The SMILES string of the molecule is O=C1C=C(c2ccc(C(F)(F)F)cc2)NC2\C=C(c3ccc(F)cc3F)/C=C\C(c3ccccc3)=N/N12. The van der Waals surface area contributed by atoms with Gasteiger partial charge in [0.25, 0.3) is 5.91 Å². The number of nitrogens with one attached hydrogen (secondary N) is 1. The first-order valence-corrected chi connectivity index (χ1v) is 11.2. The number of hydrazone groups is 1. The number of nitrogens with zero attached hydrogens (tertiary/aromatic N) is 2. The molecule has 3 aromatic rings. The average Bonchev–Trinajstić information content (AvgIpc) is 2.85. The Labute approximate surface area is 208 Å². The molecule has 0 saturated carbocycles. The number of carbonyl (C=O) groups is 1. The summed E-state index contributed by atoms with van der Waals surface area (Å²) in [6, 6.07) is 16.6. The van der Waals surface area contributed by atoms with Crippen LogP contribution in [0.25, 0.3) is 11.3 Å². The summed E-state index contributed by atoms with van der Waals surface area (Å²) in [5.74, 6) is -2.05. The van der Waals surface area contributed by atoms with Crippen LogP contribution in [-0.2, 0) is 11.0 Å². The Morgan fingerprint density at radius 1 is 0.865 bits per heavy atom. The van der Waals surface area contributed by atoms with Crippen molar-refractivity contribution in [3.8, 4) is 0 Å². The van der Waals surface area contributed by atoms with E-state index in [0.29, 0.717) is 22.4 Å². The van der Waals surface area contributed by atoms with Gasteiger partial charge in [-0.05, 0) is 47.6 Å². The highest BCUT2D eigenvalue weighted by Crippen LogP contribution is 2.31. The van der Waals surface area contributed by atoms with Crippen molar-refractivity contribution >= 4 is 22.9 Å². The third-order valence-electron chi connectivity index (χ3n) is 5.87. The van der Waals surface area contributed by atoms with Gasteiger partial charge in [0, 0.05) is 29.0 Å². The molecule has 2 aliphatic rings. The monoisotopic (exact) mass is 507 g/mol. The van der Waals surface area contributed by atoms with Crippen LogP contribution < -0.4 is 5.32 Å². The van der Waals surface area contributed by atoms with Gasteiger partial charge in [0.15, 0.2) is 0 Å². The van der Waals surface area contributed by atoms with E-state index in [1.165, 1.54) is 29.3 Å². The lowest BCUT2D eigenvalue weighted by Gasteiger charge is -2.33. The van der Waals surface area contributed by atoms with Gasteiger partial charge in [0.05, 0.1) is 11.3 Å². The standard InChI is InChI=1S/C28H18F5N3O/c29-21-11-12-22(23(30)15-21)19-8-13-24(17-4-2-1-3-5-17)35-36-26(14-19)34-25(16-27(36)37)18-6-9-20(10-7-18)28(31,32)33/h1-16,26,34H/b13-8-,19-14+,35-24+. The second-order valence-corrected chi connectivity index (χ2v) is 8.34. The molecule has 4 nitrogen and oxygen atoms in total. The summed E-state index contributed by atoms with van der Waals surface area (Å²) in [6.45, 7) is 0. The van der Waals surface area contributed by atoms with Crippen molar-refractivity contribution in [2.75, 3.05) is 0 Å². The molecule has 2 heterocycles. The fourth-order valence-electron chi connectivity index (χ4n) is 4.03. The van der Waals surface area contributed by atoms with E-state index in [4.69, 9.17) is 0 Å². The molecule has 37 heavy (non-hydrogen) atoms. The molecule has 0 aromatic heterocycles. The second-order valence-electron chi connectivity index (χ2n) is 8.34. The molecule has 1 N–H and O–H groups in total. The summed E-state index contributed by atoms with van der Waals surface area (Å²) in [6.07, 6.45) is 0.614. The van der Waals surface area contributed by atoms with Crippen molar-refractivity contribution < 1.29 is 26.7 Å². The summed E-state index contributed by atoms with van der Waals surface area (Å²) in [5, 5.41) is 8.78. The first-order valence-electron chi connectivity index (χ1n) is 11.2. The van der Waals surface area contributed by atoms with Crippen LogP contribution in [0.2, 0.25) is 0 Å². The van der Waals surface area contributed by atoms with Gasteiger partial charge in [0.2, 0.25) is 0 Å². The van der Waals surface area contributed by atoms with Crippen LogP contribution in [-0.4, -0.2) is 22.8 Å². The molecule has 2 aliphatic heterocycles. The molecular formula is C28H18F5N3O. The molecule has 186 valence electrons. The summed E-state index contributed by atoms with van der Waals surface area (Å²) >= 11 is 0. The molecule has 0 saturated heterocycles. The lowest BCUT2D eigenvalue weighted by molar-refractivity contribution is -0.137. The Balaban J connectivity index is 1.60. The number of halogens is 5. The predicted molar refractivity (Wildman–Crippen MR) is 130 cm³/mol. The maximum absolute atomic E-state index is 14.7. The summed E-state index contributed by atoms with van der Waals surface area (Å²) in [5.41, 5.74) is 1.38. The second kappa shape index (κ2) is 9.50. The van der Waals surface area contributed by atoms with Crippen LogP contribution in [0.15, 0.2) is 102 Å². The van der Waals surface area contributed by atoms with E-state index in [1.807, 2.05) is 6.07 Å². The summed E-state index contributed by atoms with van der Waals surface area (Å²) in [4.78, 5) is 13.2. The summed E-state index contributed by atoms with van der Waals surface area (Å²) < 4.78 is 67.3. The van der Waals surface area contributed by atoms with Crippen molar-refractivity contribution in [2.45, 2.75) is 12.3 Å². The number of allylic oxidation sites excluding steroid dienone is 3. The number of alkyl halides is 3. The van der Waals surface area contributed by atoms with Crippen LogP contribution in [0.3, 0.4) is 0 Å². The highest BCUT2D eigenvalue weighted by molar-refractivity contribution is 6.11. The maximum Gasteiger partial charge on any atom is 0.416 e. The predicted octanol–water partition coefficient (Wildman–Crippen LogP) is 6.14. The van der Waals surface area contributed by atoms with Gasteiger partial charge in [0.1, 0.15) is 17.8 Å². The Bertz CT molecular complexity index is 1470. The number of amides is 1. The molecule has 1 atom stereocenters. The Hall–Kier alpha value is -4.53. The van der Waals surface area contributed by atoms with E-state index in [1.54, 1.807) is 42.5 Å². The molecule has 0 spiro atoms. The Kier molecular flexibility index (Phi) is 6.20. The maximum atomic E-state index is 14.7. The van der Waals surface area contributed by atoms with Crippen LogP contribution >= 0.6 is 0 Å². The first kappa shape index (κ1) is 24.2. The van der Waals surface area contributed by atoms with Crippen molar-refractivity contribution in [1.82, 2.24) is 10.3 Å². The third kappa shape index (κ3) is 5.06. The van der Waals surface area contributed by atoms with Gasteiger partial charge in [-0.2, -0.15) is 18.3 Å². The van der Waals surface area contributed by atoms with Crippen LogP contribution in [0.4, 0.5) is 22.0 Å². The molecule has 9 heteroatoms. The van der Waals surface area contributed by atoms with Gasteiger partial charge in [-0.15, -0.1) is 0 Å². The summed E-state index contributed by atoms with van der Waals surface area (Å²) in [7, 11) is 0. The quantitative estimate of drug-likeness (QED) is 0.433. The van der Waals surface area contributed by atoms with Crippen LogP contribution in [0.1, 0.15) is 22.3 Å². The highest BCUT2D eigenvalue weighted by atomic mass is 19.4. The third-order valence-corrected chi connectivity index (χ3v) is 5.87.